The predicted octanol–water partition coefficient (Wildman–Crippen LogP) is 0.424. The van der Waals surface area contributed by atoms with Crippen LogP contribution < -0.4 is 0 Å². The molecule has 1 N–H and O–H groups in total. The monoisotopic (exact) mass is 233 g/mol. The van der Waals surface area contributed by atoms with Crippen molar-refractivity contribution in [2.75, 3.05) is 7.11 Å². The van der Waals surface area contributed by atoms with Gasteiger partial charge in [-0.25, -0.2) is 4.79 Å². The Morgan fingerprint density at radius 3 is 2.82 bits per heavy atom. The number of rotatable bonds is 2. The van der Waals surface area contributed by atoms with E-state index in [1.54, 1.807) is 6.07 Å². The van der Waals surface area contributed by atoms with Crippen molar-refractivity contribution in [3.8, 4) is 0 Å². The molecule has 0 fully saturated rings. The lowest BCUT2D eigenvalue weighted by molar-refractivity contribution is -0.144. The molecule has 0 saturated heterocycles. The first-order valence-electron chi connectivity index (χ1n) is 5.02. The summed E-state index contributed by atoms with van der Waals surface area (Å²) in [6, 6.07) is 0.770. The van der Waals surface area contributed by atoms with E-state index in [1.807, 2.05) is 0 Å². The van der Waals surface area contributed by atoms with Gasteiger partial charge in [0, 0.05) is 18.0 Å². The van der Waals surface area contributed by atoms with Crippen molar-refractivity contribution in [2.45, 2.75) is 13.0 Å². The highest BCUT2D eigenvalue weighted by Gasteiger charge is 2.38. The second-order valence-electron chi connectivity index (χ2n) is 3.64. The smallest absolute Gasteiger partial charge is 0.328 e. The van der Waals surface area contributed by atoms with Crippen LogP contribution in [0.15, 0.2) is 18.5 Å². The van der Waals surface area contributed by atoms with Crippen LogP contribution in [0.3, 0.4) is 0 Å². The topological polar surface area (TPSA) is 83.3 Å². The highest BCUT2D eigenvalue weighted by molar-refractivity contribution is 6.23. The van der Waals surface area contributed by atoms with E-state index < -0.39 is 17.9 Å². The van der Waals surface area contributed by atoms with Crippen molar-refractivity contribution < 1.29 is 14.3 Å². The molecular formula is C11H11N3O3. The van der Waals surface area contributed by atoms with Gasteiger partial charge in [0.1, 0.15) is 11.9 Å². The van der Waals surface area contributed by atoms with E-state index in [0.717, 1.165) is 4.90 Å². The Bertz CT molecular complexity index is 477. The van der Waals surface area contributed by atoms with E-state index in [4.69, 9.17) is 5.41 Å². The number of nitrogens with zero attached hydrogens (tertiary/aromatic N) is 2. The molecular weight excluding hydrogens is 222 g/mol. The van der Waals surface area contributed by atoms with Crippen LogP contribution in [0.25, 0.3) is 0 Å². The largest absolute Gasteiger partial charge is 0.467 e. The summed E-state index contributed by atoms with van der Waals surface area (Å²) < 4.78 is 4.57. The van der Waals surface area contributed by atoms with Gasteiger partial charge in [-0.1, -0.05) is 0 Å². The van der Waals surface area contributed by atoms with E-state index in [1.165, 1.54) is 26.4 Å². The van der Waals surface area contributed by atoms with Crippen LogP contribution in [0, 0.1) is 5.41 Å². The van der Waals surface area contributed by atoms with Gasteiger partial charge in [-0.3, -0.25) is 20.1 Å². The van der Waals surface area contributed by atoms with Gasteiger partial charge in [-0.2, -0.15) is 0 Å². The maximum atomic E-state index is 12.0. The summed E-state index contributed by atoms with van der Waals surface area (Å²) in [5.74, 6) is -0.940. The molecule has 0 aliphatic carbocycles. The highest BCUT2D eigenvalue weighted by atomic mass is 16.5. The molecule has 88 valence electrons. The molecule has 0 bridgehead atoms. The maximum absolute atomic E-state index is 12.0. The Labute approximate surface area is 97.7 Å². The van der Waals surface area contributed by atoms with Gasteiger partial charge in [-0.15, -0.1) is 0 Å². The molecule has 1 amide bonds. The Morgan fingerprint density at radius 2 is 2.24 bits per heavy atom. The summed E-state index contributed by atoms with van der Waals surface area (Å²) in [5, 5.41) is 7.89. The van der Waals surface area contributed by atoms with Gasteiger partial charge < -0.3 is 4.74 Å². The molecule has 1 aliphatic rings. The summed E-state index contributed by atoms with van der Waals surface area (Å²) in [7, 11) is 1.25. The number of carbonyl (C=O) groups excluding carboxylic acids is 2. The van der Waals surface area contributed by atoms with Crippen molar-refractivity contribution in [1.82, 2.24) is 9.88 Å². The highest BCUT2D eigenvalue weighted by Crippen LogP contribution is 2.23. The summed E-state index contributed by atoms with van der Waals surface area (Å²) in [5.41, 5.74) is 0.828. The van der Waals surface area contributed by atoms with Crippen LogP contribution in [0.2, 0.25) is 0 Å². The first-order valence-corrected chi connectivity index (χ1v) is 5.02. The molecule has 0 saturated carbocycles. The third-order valence-corrected chi connectivity index (χ3v) is 2.70. The summed E-state index contributed by atoms with van der Waals surface area (Å²) >= 11 is 0. The van der Waals surface area contributed by atoms with Crippen LogP contribution in [-0.2, 0) is 9.53 Å². The summed E-state index contributed by atoms with van der Waals surface area (Å²) in [6.45, 7) is 1.53. The number of nitrogens with one attached hydrogen (secondary N) is 1. The van der Waals surface area contributed by atoms with Crippen LogP contribution in [-0.4, -0.2) is 40.7 Å². The fourth-order valence-electron chi connectivity index (χ4n) is 1.78. The van der Waals surface area contributed by atoms with Crippen molar-refractivity contribution in [3.63, 3.8) is 0 Å². The number of hydrogen-bond acceptors (Lipinski definition) is 5. The van der Waals surface area contributed by atoms with E-state index in [9.17, 15) is 9.59 Å². The minimum atomic E-state index is -0.813. The number of esters is 1. The second-order valence-corrected chi connectivity index (χ2v) is 3.64. The van der Waals surface area contributed by atoms with Crippen molar-refractivity contribution in [2.24, 2.45) is 0 Å². The Morgan fingerprint density at radius 1 is 1.53 bits per heavy atom. The maximum Gasteiger partial charge on any atom is 0.328 e. The number of pyridine rings is 1. The Balaban J connectivity index is 2.40. The summed E-state index contributed by atoms with van der Waals surface area (Å²) in [4.78, 5) is 28.4. The molecule has 6 nitrogen and oxygen atoms in total. The Hall–Kier alpha value is -2.24. The number of fused-ring (bicyclic) bond motifs is 1. The molecule has 17 heavy (non-hydrogen) atoms. The number of ether oxygens (including phenoxy) is 1. The van der Waals surface area contributed by atoms with Crippen molar-refractivity contribution in [3.05, 3.63) is 29.6 Å². The van der Waals surface area contributed by atoms with Gasteiger partial charge in [0.2, 0.25) is 0 Å². The summed E-state index contributed by atoms with van der Waals surface area (Å²) in [6.07, 6.45) is 2.91. The van der Waals surface area contributed by atoms with Gasteiger partial charge in [0.05, 0.1) is 12.7 Å². The fourth-order valence-corrected chi connectivity index (χ4v) is 1.78. The molecule has 1 aromatic heterocycles. The fraction of sp³-hybridized carbons (Fsp3) is 0.273. The van der Waals surface area contributed by atoms with E-state index in [2.05, 4.69) is 9.72 Å². The van der Waals surface area contributed by atoms with Gasteiger partial charge in [0.25, 0.3) is 5.91 Å². The predicted molar refractivity (Wildman–Crippen MR) is 58.7 cm³/mol. The van der Waals surface area contributed by atoms with Crippen LogP contribution in [0.5, 0.6) is 0 Å². The van der Waals surface area contributed by atoms with Crippen molar-refractivity contribution in [1.29, 1.82) is 5.41 Å². The molecule has 0 unspecified atom stereocenters. The van der Waals surface area contributed by atoms with Crippen LogP contribution in [0.1, 0.15) is 22.8 Å². The van der Waals surface area contributed by atoms with Gasteiger partial charge >= 0.3 is 5.97 Å². The average molecular weight is 233 g/mol. The van der Waals surface area contributed by atoms with Crippen molar-refractivity contribution >= 4 is 17.7 Å². The number of methoxy groups -OCH3 is 1. The molecule has 0 spiro atoms. The number of amidine groups is 1. The lowest BCUT2D eigenvalue weighted by atomic mass is 10.2. The van der Waals surface area contributed by atoms with Gasteiger partial charge in [-0.05, 0) is 13.0 Å². The lowest BCUT2D eigenvalue weighted by Gasteiger charge is -2.21. The molecule has 1 atom stereocenters. The SMILES string of the molecule is COC(=O)[C@H](C)N1C(=N)c2ccncc2C1=O. The number of hydrogen-bond donors (Lipinski definition) is 1. The molecule has 1 aromatic rings. The number of amides is 1. The normalized spacial score (nSPS) is 15.8. The third-order valence-electron chi connectivity index (χ3n) is 2.70. The quantitative estimate of drug-likeness (QED) is 0.750. The lowest BCUT2D eigenvalue weighted by Crippen LogP contribution is -2.43. The molecule has 0 aromatic carbocycles. The third kappa shape index (κ3) is 1.57. The zero-order valence-electron chi connectivity index (χ0n) is 9.43. The molecule has 2 heterocycles. The van der Waals surface area contributed by atoms with E-state index >= 15 is 0 Å². The number of aromatic nitrogens is 1. The Kier molecular flexibility index (Phi) is 2.63. The van der Waals surface area contributed by atoms with E-state index in [-0.39, 0.29) is 5.84 Å². The molecule has 6 heteroatoms. The van der Waals surface area contributed by atoms with Gasteiger partial charge in [0.15, 0.2) is 0 Å². The average Bonchev–Trinajstić information content (AvgIpc) is 2.61. The standard InChI is InChI=1S/C11H11N3O3/c1-6(11(16)17-2)14-9(12)7-3-4-13-5-8(7)10(14)15/h3-6,12H,1-2H3/t6-/m0/s1. The molecule has 2 rings (SSSR count). The second kappa shape index (κ2) is 3.97. The minimum absolute atomic E-state index is 0.00491. The molecule has 0 radical (unpaired) electrons. The number of carbonyl (C=O) groups is 2. The molecule has 1 aliphatic heterocycles. The van der Waals surface area contributed by atoms with Crippen LogP contribution >= 0.6 is 0 Å². The first-order chi connectivity index (χ1) is 8.07. The van der Waals surface area contributed by atoms with E-state index in [0.29, 0.717) is 11.1 Å². The zero-order chi connectivity index (χ0) is 12.6. The van der Waals surface area contributed by atoms with Crippen LogP contribution in [0.4, 0.5) is 0 Å². The first kappa shape index (κ1) is 11.3. The zero-order valence-corrected chi connectivity index (χ0v) is 9.43. The minimum Gasteiger partial charge on any atom is -0.467 e.